The fourth-order valence-corrected chi connectivity index (χ4v) is 2.58. The summed E-state index contributed by atoms with van der Waals surface area (Å²) in [6.45, 7) is 9.47. The number of likely N-dealkylation sites (tertiary alicyclic amines) is 1. The van der Waals surface area contributed by atoms with E-state index in [-0.39, 0.29) is 29.6 Å². The average molecular weight is 298 g/mol. The van der Waals surface area contributed by atoms with Crippen molar-refractivity contribution in [3.8, 4) is 0 Å². The Bertz CT molecular complexity index is 420. The van der Waals surface area contributed by atoms with Gasteiger partial charge >= 0.3 is 5.97 Å². The van der Waals surface area contributed by atoms with Gasteiger partial charge in [-0.3, -0.25) is 9.59 Å². The van der Waals surface area contributed by atoms with E-state index in [1.807, 2.05) is 20.8 Å². The molecule has 1 aliphatic rings. The SMILES string of the molecule is CC(C)C(=O)N[C@H](C(=O)N1CC[C@H](C)[C@H]1C(=O)O)C(C)C. The summed E-state index contributed by atoms with van der Waals surface area (Å²) in [5, 5.41) is 12.1. The summed E-state index contributed by atoms with van der Waals surface area (Å²) in [5.74, 6) is -1.85. The van der Waals surface area contributed by atoms with Crippen LogP contribution in [0.15, 0.2) is 0 Å². The molecule has 1 heterocycles. The summed E-state index contributed by atoms with van der Waals surface area (Å²) < 4.78 is 0. The number of carbonyl (C=O) groups is 3. The van der Waals surface area contributed by atoms with E-state index >= 15 is 0 Å². The smallest absolute Gasteiger partial charge is 0.326 e. The third-order valence-electron chi connectivity index (χ3n) is 3.99. The van der Waals surface area contributed by atoms with Crippen LogP contribution in [0.25, 0.3) is 0 Å². The van der Waals surface area contributed by atoms with E-state index in [1.54, 1.807) is 13.8 Å². The highest BCUT2D eigenvalue weighted by Crippen LogP contribution is 2.25. The molecule has 0 aliphatic carbocycles. The van der Waals surface area contributed by atoms with E-state index in [0.29, 0.717) is 13.0 Å². The van der Waals surface area contributed by atoms with Gasteiger partial charge in [0, 0.05) is 12.5 Å². The minimum Gasteiger partial charge on any atom is -0.480 e. The Morgan fingerprint density at radius 2 is 1.76 bits per heavy atom. The molecular formula is C15H26N2O4. The molecule has 6 heteroatoms. The van der Waals surface area contributed by atoms with Crippen LogP contribution in [0, 0.1) is 17.8 Å². The lowest BCUT2D eigenvalue weighted by atomic mass is 9.99. The van der Waals surface area contributed by atoms with Crippen molar-refractivity contribution in [3.05, 3.63) is 0 Å². The van der Waals surface area contributed by atoms with Crippen molar-refractivity contribution < 1.29 is 19.5 Å². The molecule has 0 saturated carbocycles. The first-order valence-electron chi connectivity index (χ1n) is 7.50. The highest BCUT2D eigenvalue weighted by molar-refractivity contribution is 5.91. The normalized spacial score (nSPS) is 23.5. The molecule has 6 nitrogen and oxygen atoms in total. The van der Waals surface area contributed by atoms with Crippen molar-refractivity contribution >= 4 is 17.8 Å². The number of nitrogens with zero attached hydrogens (tertiary/aromatic N) is 1. The Kier molecular flexibility index (Phi) is 5.75. The van der Waals surface area contributed by atoms with Gasteiger partial charge in [0.25, 0.3) is 0 Å². The maximum absolute atomic E-state index is 12.7. The van der Waals surface area contributed by atoms with Gasteiger partial charge in [0.15, 0.2) is 0 Å². The van der Waals surface area contributed by atoms with E-state index in [4.69, 9.17) is 0 Å². The van der Waals surface area contributed by atoms with Crippen molar-refractivity contribution in [1.82, 2.24) is 10.2 Å². The van der Waals surface area contributed by atoms with Gasteiger partial charge in [0.2, 0.25) is 11.8 Å². The van der Waals surface area contributed by atoms with Crippen molar-refractivity contribution in [1.29, 1.82) is 0 Å². The molecule has 0 unspecified atom stereocenters. The van der Waals surface area contributed by atoms with Crippen LogP contribution in [-0.2, 0) is 14.4 Å². The zero-order chi connectivity index (χ0) is 16.3. The van der Waals surface area contributed by atoms with Crippen LogP contribution in [0.5, 0.6) is 0 Å². The lowest BCUT2D eigenvalue weighted by molar-refractivity contribution is -0.151. The number of carbonyl (C=O) groups excluding carboxylic acids is 2. The highest BCUT2D eigenvalue weighted by Gasteiger charge is 2.42. The standard InChI is InChI=1S/C15H26N2O4/c1-8(2)11(16-13(18)9(3)4)14(19)17-7-6-10(5)12(17)15(20)21/h8-12H,6-7H2,1-5H3,(H,16,18)(H,20,21)/t10-,11-,12-/m0/s1. The Labute approximate surface area is 125 Å². The first kappa shape index (κ1) is 17.5. The van der Waals surface area contributed by atoms with Gasteiger partial charge in [-0.1, -0.05) is 34.6 Å². The van der Waals surface area contributed by atoms with Crippen LogP contribution in [0.2, 0.25) is 0 Å². The van der Waals surface area contributed by atoms with E-state index in [2.05, 4.69) is 5.32 Å². The Morgan fingerprint density at radius 1 is 1.19 bits per heavy atom. The van der Waals surface area contributed by atoms with Gasteiger partial charge in [0.1, 0.15) is 12.1 Å². The van der Waals surface area contributed by atoms with Crippen molar-refractivity contribution in [2.75, 3.05) is 6.54 Å². The second-order valence-electron chi connectivity index (χ2n) is 6.47. The summed E-state index contributed by atoms with van der Waals surface area (Å²) in [4.78, 5) is 37.3. The molecule has 0 radical (unpaired) electrons. The summed E-state index contributed by atoms with van der Waals surface area (Å²) in [6, 6.07) is -1.47. The molecule has 1 saturated heterocycles. The highest BCUT2D eigenvalue weighted by atomic mass is 16.4. The molecule has 0 spiro atoms. The second-order valence-corrected chi connectivity index (χ2v) is 6.47. The van der Waals surface area contributed by atoms with Gasteiger partial charge in [0.05, 0.1) is 0 Å². The van der Waals surface area contributed by atoms with Crippen molar-refractivity contribution in [3.63, 3.8) is 0 Å². The quantitative estimate of drug-likeness (QED) is 0.796. The van der Waals surface area contributed by atoms with Crippen molar-refractivity contribution in [2.45, 2.75) is 53.1 Å². The van der Waals surface area contributed by atoms with Gasteiger partial charge < -0.3 is 15.3 Å². The second kappa shape index (κ2) is 6.91. The topological polar surface area (TPSA) is 86.7 Å². The van der Waals surface area contributed by atoms with E-state index in [1.165, 1.54) is 4.90 Å². The molecule has 1 fully saturated rings. The number of carboxylic acid groups (broad SMARTS) is 1. The van der Waals surface area contributed by atoms with Crippen LogP contribution < -0.4 is 5.32 Å². The lowest BCUT2D eigenvalue weighted by Crippen LogP contribution is -2.55. The first-order valence-corrected chi connectivity index (χ1v) is 7.50. The molecule has 1 aliphatic heterocycles. The Morgan fingerprint density at radius 3 is 2.19 bits per heavy atom. The molecule has 120 valence electrons. The monoisotopic (exact) mass is 298 g/mol. The van der Waals surface area contributed by atoms with E-state index < -0.39 is 18.1 Å². The third-order valence-corrected chi connectivity index (χ3v) is 3.99. The number of amides is 2. The van der Waals surface area contributed by atoms with Crippen LogP contribution in [0.1, 0.15) is 41.0 Å². The Balaban J connectivity index is 2.91. The van der Waals surface area contributed by atoms with Gasteiger partial charge in [-0.25, -0.2) is 4.79 Å². The fourth-order valence-electron chi connectivity index (χ4n) is 2.58. The number of carboxylic acids is 1. The molecule has 3 atom stereocenters. The van der Waals surface area contributed by atoms with Crippen molar-refractivity contribution in [2.24, 2.45) is 17.8 Å². The van der Waals surface area contributed by atoms with Gasteiger partial charge in [-0.2, -0.15) is 0 Å². The third kappa shape index (κ3) is 3.95. The van der Waals surface area contributed by atoms with Crippen LogP contribution in [0.4, 0.5) is 0 Å². The molecule has 0 aromatic heterocycles. The molecule has 21 heavy (non-hydrogen) atoms. The van der Waals surface area contributed by atoms with Gasteiger partial charge in [-0.05, 0) is 18.3 Å². The first-order chi connectivity index (χ1) is 9.66. The lowest BCUT2D eigenvalue weighted by Gasteiger charge is -2.30. The number of rotatable bonds is 5. The minimum absolute atomic E-state index is 0.0694. The van der Waals surface area contributed by atoms with Crippen LogP contribution in [-0.4, -0.2) is 46.4 Å². The van der Waals surface area contributed by atoms with Crippen LogP contribution >= 0.6 is 0 Å². The molecule has 1 rings (SSSR count). The van der Waals surface area contributed by atoms with E-state index in [9.17, 15) is 19.5 Å². The van der Waals surface area contributed by atoms with E-state index in [0.717, 1.165) is 0 Å². The predicted molar refractivity (Wildman–Crippen MR) is 78.5 cm³/mol. The molecule has 0 bridgehead atoms. The Hall–Kier alpha value is -1.59. The zero-order valence-corrected chi connectivity index (χ0v) is 13.4. The number of hydrogen-bond donors (Lipinski definition) is 2. The maximum Gasteiger partial charge on any atom is 0.326 e. The molecular weight excluding hydrogens is 272 g/mol. The summed E-state index contributed by atoms with van der Waals surface area (Å²) >= 11 is 0. The minimum atomic E-state index is -0.981. The molecule has 2 amide bonds. The number of nitrogens with one attached hydrogen (secondary N) is 1. The summed E-state index contributed by atoms with van der Waals surface area (Å²) in [6.07, 6.45) is 0.672. The average Bonchev–Trinajstić information content (AvgIpc) is 2.76. The maximum atomic E-state index is 12.7. The summed E-state index contributed by atoms with van der Waals surface area (Å²) in [7, 11) is 0. The number of hydrogen-bond acceptors (Lipinski definition) is 3. The largest absolute Gasteiger partial charge is 0.480 e. The molecule has 2 N–H and O–H groups in total. The fraction of sp³-hybridized carbons (Fsp3) is 0.800. The zero-order valence-electron chi connectivity index (χ0n) is 13.4. The molecule has 0 aromatic rings. The summed E-state index contributed by atoms with van der Waals surface area (Å²) in [5.41, 5.74) is 0. The van der Waals surface area contributed by atoms with Crippen LogP contribution in [0.3, 0.4) is 0 Å². The number of aliphatic carboxylic acids is 1. The predicted octanol–water partition coefficient (Wildman–Crippen LogP) is 1.10. The van der Waals surface area contributed by atoms with Gasteiger partial charge in [-0.15, -0.1) is 0 Å². The molecule has 0 aromatic carbocycles.